The summed E-state index contributed by atoms with van der Waals surface area (Å²) in [6, 6.07) is 0. The van der Waals surface area contributed by atoms with E-state index in [9.17, 15) is 19.2 Å². The smallest absolute Gasteiger partial charge is 0.354 e. The van der Waals surface area contributed by atoms with Crippen molar-refractivity contribution >= 4 is 23.8 Å². The first-order chi connectivity index (χ1) is 8.81. The molecule has 0 aromatic carbocycles. The Morgan fingerprint density at radius 2 is 1.21 bits per heavy atom. The van der Waals surface area contributed by atoms with Crippen molar-refractivity contribution in [2.24, 2.45) is 0 Å². The van der Waals surface area contributed by atoms with Gasteiger partial charge < -0.3 is 25.6 Å². The molecule has 0 bridgehead atoms. The van der Waals surface area contributed by atoms with Crippen LogP contribution >= 0.6 is 0 Å². The second-order valence-corrected chi connectivity index (χ2v) is 3.00. The van der Waals surface area contributed by atoms with Gasteiger partial charge in [0.1, 0.15) is 0 Å². The van der Waals surface area contributed by atoms with Gasteiger partial charge in [-0.1, -0.05) is 13.2 Å². The fraction of sp³-hybridized carbons (Fsp3) is 0.200. The van der Waals surface area contributed by atoms with Gasteiger partial charge in [-0.3, -0.25) is 9.59 Å². The first-order valence-electron chi connectivity index (χ1n) is 4.78. The summed E-state index contributed by atoms with van der Waals surface area (Å²) in [5.74, 6) is -5.05. The Balaban J connectivity index is 4.84. The van der Waals surface area contributed by atoms with E-state index in [1.54, 1.807) is 0 Å². The number of nitrogens with one attached hydrogen (secondary N) is 2. The quantitative estimate of drug-likeness (QED) is 0.309. The van der Waals surface area contributed by atoms with Crippen molar-refractivity contribution in [2.45, 2.75) is 12.5 Å². The van der Waals surface area contributed by atoms with E-state index in [0.29, 0.717) is 0 Å². The molecule has 0 aliphatic carbocycles. The summed E-state index contributed by atoms with van der Waals surface area (Å²) in [6.45, 7) is 6.18. The number of rotatable bonds is 8. The van der Waals surface area contributed by atoms with E-state index in [1.165, 1.54) is 0 Å². The van der Waals surface area contributed by atoms with Crippen LogP contribution in [-0.4, -0.2) is 46.4 Å². The van der Waals surface area contributed by atoms with Crippen LogP contribution in [0.1, 0.15) is 0 Å². The molecule has 0 aliphatic rings. The third-order valence-corrected chi connectivity index (χ3v) is 1.64. The highest BCUT2D eigenvalue weighted by molar-refractivity contribution is 5.91. The van der Waals surface area contributed by atoms with Gasteiger partial charge in [0.2, 0.25) is 24.3 Å². The van der Waals surface area contributed by atoms with Crippen LogP contribution in [0, 0.1) is 0 Å². The minimum absolute atomic E-state index is 0.775. The Kier molecular flexibility index (Phi) is 6.54. The molecule has 0 aliphatic heterocycles. The highest BCUT2D eigenvalue weighted by Crippen LogP contribution is 1.96. The highest BCUT2D eigenvalue weighted by atomic mass is 16.6. The molecule has 0 spiro atoms. The lowest BCUT2D eigenvalue weighted by Gasteiger charge is -2.19. The van der Waals surface area contributed by atoms with Crippen molar-refractivity contribution < 1.29 is 34.1 Å². The maximum Gasteiger partial charge on any atom is 0.354 e. The maximum absolute atomic E-state index is 10.9. The van der Waals surface area contributed by atoms with E-state index >= 15 is 0 Å². The van der Waals surface area contributed by atoms with Gasteiger partial charge in [-0.25, -0.2) is 9.59 Å². The summed E-state index contributed by atoms with van der Waals surface area (Å²) in [4.78, 5) is 43.4. The Labute approximate surface area is 107 Å². The topological polar surface area (TPSA) is 142 Å². The average molecular weight is 272 g/mol. The summed E-state index contributed by atoms with van der Waals surface area (Å²) in [6.07, 6.45) is -2.37. The molecule has 2 atom stereocenters. The van der Waals surface area contributed by atoms with E-state index < -0.39 is 36.2 Å². The average Bonchev–Trinajstić information content (AvgIpc) is 2.35. The molecule has 0 saturated carbocycles. The van der Waals surface area contributed by atoms with Crippen LogP contribution in [0.4, 0.5) is 0 Å². The minimum atomic E-state index is -1.96. The maximum atomic E-state index is 10.9. The van der Waals surface area contributed by atoms with Gasteiger partial charge >= 0.3 is 11.9 Å². The summed E-state index contributed by atoms with van der Waals surface area (Å²) in [5.41, 5.74) is 0. The molecular weight excluding hydrogens is 260 g/mol. The first kappa shape index (κ1) is 16.3. The zero-order chi connectivity index (χ0) is 15.0. The van der Waals surface area contributed by atoms with Crippen molar-refractivity contribution in [1.82, 2.24) is 10.6 Å². The fourth-order valence-electron chi connectivity index (χ4n) is 0.820. The zero-order valence-corrected chi connectivity index (χ0v) is 9.66. The molecule has 0 fully saturated rings. The predicted octanol–water partition coefficient (Wildman–Crippen LogP) is -1.57. The molecule has 0 aromatic heterocycles. The molecule has 2 unspecified atom stereocenters. The number of hydrogen-bond donors (Lipinski definition) is 4. The van der Waals surface area contributed by atoms with Crippen molar-refractivity contribution in [1.29, 1.82) is 0 Å². The monoisotopic (exact) mass is 272 g/mol. The van der Waals surface area contributed by atoms with Gasteiger partial charge in [0.15, 0.2) is 0 Å². The number of carboxylic acids is 2. The lowest BCUT2D eigenvalue weighted by molar-refractivity contribution is -0.173. The molecule has 104 valence electrons. The molecule has 0 rings (SSSR count). The van der Waals surface area contributed by atoms with E-state index in [0.717, 1.165) is 12.2 Å². The van der Waals surface area contributed by atoms with Crippen molar-refractivity contribution in [3.63, 3.8) is 0 Å². The van der Waals surface area contributed by atoms with Gasteiger partial charge in [0, 0.05) is 0 Å². The molecule has 4 N–H and O–H groups in total. The largest absolute Gasteiger partial charge is 0.478 e. The number of carbonyl (C=O) groups excluding carboxylic acids is 2. The lowest BCUT2D eigenvalue weighted by Crippen LogP contribution is -2.51. The number of aliphatic carboxylic acids is 2. The van der Waals surface area contributed by atoms with Crippen molar-refractivity contribution in [3.8, 4) is 0 Å². The van der Waals surface area contributed by atoms with Crippen LogP contribution in [-0.2, 0) is 23.9 Å². The van der Waals surface area contributed by atoms with Gasteiger partial charge in [0.25, 0.3) is 0 Å². The summed E-state index contributed by atoms with van der Waals surface area (Å²) in [7, 11) is 0. The van der Waals surface area contributed by atoms with Crippen molar-refractivity contribution in [2.75, 3.05) is 0 Å². The van der Waals surface area contributed by atoms with Crippen molar-refractivity contribution in [3.05, 3.63) is 25.3 Å². The molecule has 19 heavy (non-hydrogen) atoms. The predicted molar refractivity (Wildman–Crippen MR) is 60.6 cm³/mol. The number of carboxylic acid groups (broad SMARTS) is 2. The molecule has 0 saturated heterocycles. The van der Waals surface area contributed by atoms with Crippen LogP contribution in [0.5, 0.6) is 0 Å². The van der Waals surface area contributed by atoms with Crippen LogP contribution in [0.3, 0.4) is 0 Å². The number of ether oxygens (including phenoxy) is 1. The normalized spacial score (nSPS) is 12.6. The summed E-state index contributed by atoms with van der Waals surface area (Å²) >= 11 is 0. The third kappa shape index (κ3) is 5.98. The van der Waals surface area contributed by atoms with Crippen LogP contribution < -0.4 is 10.6 Å². The second kappa shape index (κ2) is 7.61. The molecule has 9 heteroatoms. The van der Waals surface area contributed by atoms with Gasteiger partial charge in [-0.15, -0.1) is 0 Å². The number of hydrogen-bond acceptors (Lipinski definition) is 5. The van der Waals surface area contributed by atoms with Crippen LogP contribution in [0.2, 0.25) is 0 Å². The molecule has 2 amide bonds. The number of carbonyl (C=O) groups is 4. The highest BCUT2D eigenvalue weighted by Gasteiger charge is 2.29. The SMILES string of the molecule is C=CC(=O)NC(OC(NC(=O)C=C)C(=O)O)C(=O)O. The molecule has 0 heterocycles. The van der Waals surface area contributed by atoms with E-state index in [-0.39, 0.29) is 0 Å². The standard InChI is InChI=1S/C10H12N2O7/c1-3-5(13)11-7(9(15)16)19-8(10(17)18)12-6(14)4-2/h3-4,7-8H,1-2H2,(H,11,13)(H,12,14)(H,15,16)(H,17,18). The third-order valence-electron chi connectivity index (χ3n) is 1.64. The Hall–Kier alpha value is -2.68. The Morgan fingerprint density at radius 1 is 0.895 bits per heavy atom. The zero-order valence-electron chi connectivity index (χ0n) is 9.66. The molecule has 0 radical (unpaired) electrons. The number of amides is 2. The Morgan fingerprint density at radius 3 is 1.42 bits per heavy atom. The fourth-order valence-corrected chi connectivity index (χ4v) is 0.820. The second-order valence-electron chi connectivity index (χ2n) is 3.00. The van der Waals surface area contributed by atoms with Crippen LogP contribution in [0.15, 0.2) is 25.3 Å². The van der Waals surface area contributed by atoms with E-state index in [4.69, 9.17) is 10.2 Å². The minimum Gasteiger partial charge on any atom is -0.478 e. The van der Waals surface area contributed by atoms with Gasteiger partial charge in [0.05, 0.1) is 0 Å². The Bertz CT molecular complexity index is 380. The van der Waals surface area contributed by atoms with E-state index in [1.807, 2.05) is 10.6 Å². The molecule has 0 aromatic rings. The summed E-state index contributed by atoms with van der Waals surface area (Å²) < 4.78 is 4.56. The molecular formula is C10H12N2O7. The summed E-state index contributed by atoms with van der Waals surface area (Å²) in [5, 5.41) is 21.1. The van der Waals surface area contributed by atoms with Gasteiger partial charge in [-0.05, 0) is 12.2 Å². The lowest BCUT2D eigenvalue weighted by atomic mass is 10.4. The molecule has 9 nitrogen and oxygen atoms in total. The first-order valence-corrected chi connectivity index (χ1v) is 4.78. The van der Waals surface area contributed by atoms with E-state index in [2.05, 4.69) is 17.9 Å². The van der Waals surface area contributed by atoms with Gasteiger partial charge in [-0.2, -0.15) is 0 Å². The van der Waals surface area contributed by atoms with Crippen LogP contribution in [0.25, 0.3) is 0 Å².